The van der Waals surface area contributed by atoms with E-state index in [1.165, 1.54) is 115 Å². The highest BCUT2D eigenvalue weighted by atomic mass is 31.3. The molecule has 0 bridgehead atoms. The number of rotatable bonds is 42. The number of nitrogen functional groups attached to an aromatic ring is 1. The van der Waals surface area contributed by atoms with Crippen LogP contribution in [0.3, 0.4) is 0 Å². The van der Waals surface area contributed by atoms with Crippen molar-refractivity contribution in [3.8, 4) is 0 Å². The van der Waals surface area contributed by atoms with E-state index in [0.717, 1.165) is 67.8 Å². The Bertz CT molecular complexity index is 1670. The third kappa shape index (κ3) is 28.6. The molecule has 18 nitrogen and oxygen atoms in total. The van der Waals surface area contributed by atoms with Crippen LogP contribution >= 0.6 is 15.6 Å². The Morgan fingerprint density at radius 2 is 1.13 bits per heavy atom. The molecule has 5 unspecified atom stereocenters. The predicted octanol–water partition coefficient (Wildman–Crippen LogP) is 10.4. The van der Waals surface area contributed by atoms with Gasteiger partial charge in [-0.3, -0.25) is 23.2 Å². The van der Waals surface area contributed by atoms with Crippen molar-refractivity contribution < 1.29 is 66.3 Å². The monoisotopic (exact) mass is 1010 g/mol. The van der Waals surface area contributed by atoms with Crippen molar-refractivity contribution in [3.05, 3.63) is 22.7 Å². The summed E-state index contributed by atoms with van der Waals surface area (Å²) in [6.07, 6.45) is 23.4. The zero-order valence-corrected chi connectivity index (χ0v) is 43.6. The quantitative estimate of drug-likeness (QED) is 0.0231. The number of phosphoric acid groups is 2. The Hall–Kier alpha value is -2.24. The smallest absolute Gasteiger partial charge is 0.462 e. The molecule has 0 spiro atoms. The highest BCUT2D eigenvalue weighted by Gasteiger charge is 2.46. The van der Waals surface area contributed by atoms with E-state index in [0.29, 0.717) is 12.8 Å². The van der Waals surface area contributed by atoms with Gasteiger partial charge < -0.3 is 39.9 Å². The second kappa shape index (κ2) is 35.8. The molecular weight excluding hydrogens is 920 g/mol. The van der Waals surface area contributed by atoms with Gasteiger partial charge in [0, 0.05) is 19.0 Å². The number of aliphatic hydroxyl groups excluding tert-OH is 2. The number of aliphatic hydroxyl groups is 2. The minimum atomic E-state index is -5.42. The highest BCUT2D eigenvalue weighted by Crippen LogP contribution is 2.60. The fourth-order valence-corrected chi connectivity index (χ4v) is 10.1. The molecule has 0 aliphatic carbocycles. The first-order valence-corrected chi connectivity index (χ1v) is 28.8. The number of esters is 2. The molecule has 9 atom stereocenters. The fourth-order valence-electron chi connectivity index (χ4n) is 7.97. The number of ether oxygens (including phenoxy) is 3. The topological polar surface area (TPSA) is 265 Å². The van der Waals surface area contributed by atoms with Crippen LogP contribution in [0.15, 0.2) is 17.1 Å². The highest BCUT2D eigenvalue weighted by molar-refractivity contribution is 7.61. The van der Waals surface area contributed by atoms with Gasteiger partial charge in [0.2, 0.25) is 0 Å². The van der Waals surface area contributed by atoms with Crippen LogP contribution in [-0.4, -0.2) is 85.7 Å². The van der Waals surface area contributed by atoms with Crippen LogP contribution in [0.2, 0.25) is 0 Å². The molecule has 1 aromatic rings. The lowest BCUT2D eigenvalue weighted by atomic mass is 9.99. The molecule has 1 aliphatic heterocycles. The van der Waals surface area contributed by atoms with Crippen molar-refractivity contribution >= 4 is 33.4 Å². The minimum absolute atomic E-state index is 0.0547. The van der Waals surface area contributed by atoms with E-state index in [9.17, 15) is 43.5 Å². The predicted molar refractivity (Wildman–Crippen MR) is 261 cm³/mol. The lowest BCUT2D eigenvalue weighted by Crippen LogP contribution is -2.36. The van der Waals surface area contributed by atoms with Crippen molar-refractivity contribution in [2.75, 3.05) is 25.6 Å². The molecule has 1 aromatic heterocycles. The van der Waals surface area contributed by atoms with Crippen molar-refractivity contribution in [3.63, 3.8) is 0 Å². The van der Waals surface area contributed by atoms with Crippen molar-refractivity contribution in [2.45, 2.75) is 238 Å². The SMILES string of the molecule is CCC(C)CCCCCCCCCCCCCCCCC(=O)OC[C@H](COP(=O)(O)OP(=O)(O)OC[C@H]1O[C@@H](n2ccc(N)nc2=O)C(O)[C@H]1O)OC(=O)CCCCCCCCCCC(C)CC. The second-order valence-corrected chi connectivity index (χ2v) is 21.9. The molecule has 2 heterocycles. The molecule has 68 heavy (non-hydrogen) atoms. The number of nitrogens with zero attached hydrogens (tertiary/aromatic N) is 2. The number of anilines is 1. The van der Waals surface area contributed by atoms with Gasteiger partial charge in [-0.05, 0) is 30.7 Å². The Kier molecular flexibility index (Phi) is 32.6. The Balaban J connectivity index is 1.77. The summed E-state index contributed by atoms with van der Waals surface area (Å²) in [5.41, 5.74) is 4.59. The first-order valence-electron chi connectivity index (χ1n) is 25.8. The summed E-state index contributed by atoms with van der Waals surface area (Å²) in [5, 5.41) is 20.9. The Labute approximate surface area is 406 Å². The number of phosphoric ester groups is 2. The summed E-state index contributed by atoms with van der Waals surface area (Å²) in [7, 11) is -10.8. The first kappa shape index (κ1) is 61.9. The number of carbonyl (C=O) groups is 2. The standard InChI is InChI=1S/C48H89N3O15P2/c1-5-38(3)29-25-21-17-13-11-9-7-8-10-12-14-19-23-27-31-43(52)61-35-40(64-44(53)32-28-24-20-16-15-18-22-26-30-39(4)6-2)36-62-67(57,58)66-68(59,60)63-37-41-45(54)46(55)47(65-41)51-34-33-42(49)50-48(51)56/h33-34,38-41,45-47,54-55H,5-32,35-37H2,1-4H3,(H,57,58)(H,59,60)(H2,49,50,56)/t38?,39?,40-,41-,45+,46?,47-/m1/s1. The maximum Gasteiger partial charge on any atom is 0.481 e. The maximum atomic E-state index is 12.8. The zero-order chi connectivity index (χ0) is 50.2. The number of carbonyl (C=O) groups excluding carboxylic acids is 2. The number of hydrogen-bond acceptors (Lipinski definition) is 15. The van der Waals surface area contributed by atoms with Crippen LogP contribution < -0.4 is 11.4 Å². The second-order valence-electron chi connectivity index (χ2n) is 18.9. The van der Waals surface area contributed by atoms with Gasteiger partial charge >= 0.3 is 33.3 Å². The van der Waals surface area contributed by atoms with Gasteiger partial charge in [-0.1, -0.05) is 182 Å². The van der Waals surface area contributed by atoms with Crippen LogP contribution in [0, 0.1) is 11.8 Å². The van der Waals surface area contributed by atoms with E-state index in [2.05, 4.69) is 37.0 Å². The van der Waals surface area contributed by atoms with Gasteiger partial charge in [0.25, 0.3) is 0 Å². The summed E-state index contributed by atoms with van der Waals surface area (Å²) < 4.78 is 56.8. The maximum absolute atomic E-state index is 12.8. The van der Waals surface area contributed by atoms with E-state index in [1.54, 1.807) is 0 Å². The van der Waals surface area contributed by atoms with Crippen molar-refractivity contribution in [1.82, 2.24) is 9.55 Å². The molecule has 1 saturated heterocycles. The van der Waals surface area contributed by atoms with Crippen LogP contribution in [0.25, 0.3) is 0 Å². The lowest BCUT2D eigenvalue weighted by Gasteiger charge is -2.21. The third-order valence-electron chi connectivity index (χ3n) is 12.8. The Morgan fingerprint density at radius 1 is 0.691 bits per heavy atom. The average Bonchev–Trinajstić information content (AvgIpc) is 3.57. The summed E-state index contributed by atoms with van der Waals surface area (Å²) in [5.74, 6) is 0.332. The number of hydrogen-bond donors (Lipinski definition) is 5. The van der Waals surface area contributed by atoms with Crippen LogP contribution in [0.4, 0.5) is 5.82 Å². The number of nitrogens with two attached hydrogens (primary N) is 1. The number of unbranched alkanes of at least 4 members (excludes halogenated alkanes) is 20. The molecule has 2 rings (SSSR count). The normalized spacial score (nSPS) is 20.4. The van der Waals surface area contributed by atoms with Gasteiger partial charge in [0.15, 0.2) is 12.3 Å². The molecule has 1 aliphatic rings. The molecular formula is C48H89N3O15P2. The zero-order valence-electron chi connectivity index (χ0n) is 41.8. The molecule has 1 fully saturated rings. The van der Waals surface area contributed by atoms with E-state index < -0.39 is 83.7 Å². The molecule has 6 N–H and O–H groups in total. The van der Waals surface area contributed by atoms with Crippen molar-refractivity contribution in [2.24, 2.45) is 11.8 Å². The first-order chi connectivity index (χ1) is 32.5. The average molecular weight is 1010 g/mol. The number of aromatic nitrogens is 2. The van der Waals surface area contributed by atoms with Gasteiger partial charge in [-0.25, -0.2) is 13.9 Å². The van der Waals surface area contributed by atoms with Crippen LogP contribution in [0.5, 0.6) is 0 Å². The lowest BCUT2D eigenvalue weighted by molar-refractivity contribution is -0.161. The summed E-state index contributed by atoms with van der Waals surface area (Å²) in [6, 6.07) is 1.25. The van der Waals surface area contributed by atoms with Gasteiger partial charge in [0.1, 0.15) is 30.7 Å². The molecule has 20 heteroatoms. The van der Waals surface area contributed by atoms with Crippen LogP contribution in [-0.2, 0) is 46.3 Å². The van der Waals surface area contributed by atoms with E-state index in [1.807, 2.05) is 0 Å². The third-order valence-corrected chi connectivity index (χ3v) is 15.4. The van der Waals surface area contributed by atoms with Crippen LogP contribution in [0.1, 0.15) is 214 Å². The molecule has 0 amide bonds. The Morgan fingerprint density at radius 3 is 1.60 bits per heavy atom. The van der Waals surface area contributed by atoms with E-state index in [-0.39, 0.29) is 18.7 Å². The summed E-state index contributed by atoms with van der Waals surface area (Å²) in [6.45, 7) is 6.82. The van der Waals surface area contributed by atoms with Crippen molar-refractivity contribution in [1.29, 1.82) is 0 Å². The molecule has 0 radical (unpaired) electrons. The summed E-state index contributed by atoms with van der Waals surface area (Å²) >= 11 is 0. The van der Waals surface area contributed by atoms with Gasteiger partial charge in [-0.15, -0.1) is 0 Å². The fraction of sp³-hybridized carbons (Fsp3) is 0.875. The molecule has 0 aromatic carbocycles. The largest absolute Gasteiger partial charge is 0.481 e. The minimum Gasteiger partial charge on any atom is -0.462 e. The van der Waals surface area contributed by atoms with E-state index in [4.69, 9.17) is 29.0 Å². The molecule has 0 saturated carbocycles. The summed E-state index contributed by atoms with van der Waals surface area (Å²) in [4.78, 5) is 61.9. The van der Waals surface area contributed by atoms with E-state index >= 15 is 0 Å². The molecule has 396 valence electrons. The van der Waals surface area contributed by atoms with Gasteiger partial charge in [-0.2, -0.15) is 9.29 Å². The van der Waals surface area contributed by atoms with Gasteiger partial charge in [0.05, 0.1) is 13.2 Å².